The molecular formula is C16H22N2OS. The molecule has 0 fully saturated rings. The van der Waals surface area contributed by atoms with Gasteiger partial charge in [0, 0.05) is 24.1 Å². The molecule has 1 heterocycles. The molecule has 0 aliphatic rings. The van der Waals surface area contributed by atoms with Gasteiger partial charge in [-0.2, -0.15) is 0 Å². The Hall–Kier alpha value is -1.23. The Labute approximate surface area is 125 Å². The molecule has 1 N–H and O–H groups in total. The normalized spacial score (nSPS) is 12.6. The molecule has 0 aliphatic heterocycles. The van der Waals surface area contributed by atoms with Crippen molar-refractivity contribution >= 4 is 11.3 Å². The number of hydrogen-bond acceptors (Lipinski definition) is 4. The van der Waals surface area contributed by atoms with E-state index in [0.29, 0.717) is 12.6 Å². The molecule has 0 spiro atoms. The van der Waals surface area contributed by atoms with Crippen molar-refractivity contribution in [3.63, 3.8) is 0 Å². The lowest BCUT2D eigenvalue weighted by atomic mass is 10.1. The van der Waals surface area contributed by atoms with Gasteiger partial charge in [0.2, 0.25) is 0 Å². The number of hydrogen-bond donors (Lipinski definition) is 1. The van der Waals surface area contributed by atoms with Crippen LogP contribution in [-0.4, -0.2) is 11.6 Å². The third-order valence-electron chi connectivity index (χ3n) is 3.35. The van der Waals surface area contributed by atoms with E-state index in [4.69, 9.17) is 4.74 Å². The first-order valence-corrected chi connectivity index (χ1v) is 7.88. The topological polar surface area (TPSA) is 34.1 Å². The van der Waals surface area contributed by atoms with Crippen molar-refractivity contribution in [2.75, 3.05) is 6.61 Å². The van der Waals surface area contributed by atoms with Crippen LogP contribution >= 0.6 is 11.3 Å². The molecule has 0 saturated carbocycles. The summed E-state index contributed by atoms with van der Waals surface area (Å²) in [6.45, 7) is 8.55. The van der Waals surface area contributed by atoms with Crippen molar-refractivity contribution in [2.24, 2.45) is 0 Å². The van der Waals surface area contributed by atoms with Gasteiger partial charge in [0.05, 0.1) is 17.8 Å². The highest BCUT2D eigenvalue weighted by atomic mass is 32.1. The average Bonchev–Trinajstić information content (AvgIpc) is 2.89. The van der Waals surface area contributed by atoms with Crippen molar-refractivity contribution in [1.82, 2.24) is 10.3 Å². The van der Waals surface area contributed by atoms with Gasteiger partial charge in [-0.05, 0) is 31.9 Å². The summed E-state index contributed by atoms with van der Waals surface area (Å²) in [5.41, 5.74) is 5.59. The molecule has 1 unspecified atom stereocenters. The molecule has 108 valence electrons. The molecule has 0 aliphatic carbocycles. The van der Waals surface area contributed by atoms with Gasteiger partial charge in [0.1, 0.15) is 0 Å². The predicted octanol–water partition coefficient (Wildman–Crippen LogP) is 3.84. The van der Waals surface area contributed by atoms with Crippen molar-refractivity contribution in [2.45, 2.75) is 40.0 Å². The maximum absolute atomic E-state index is 5.52. The number of thiazole rings is 1. The SMILES string of the molecule is CCOCc1ccccc1CNC(C)c1scnc1C. The van der Waals surface area contributed by atoms with Crippen LogP contribution < -0.4 is 5.32 Å². The number of benzene rings is 1. The number of nitrogens with one attached hydrogen (secondary N) is 1. The van der Waals surface area contributed by atoms with E-state index in [1.165, 1.54) is 16.0 Å². The third kappa shape index (κ3) is 3.88. The van der Waals surface area contributed by atoms with E-state index < -0.39 is 0 Å². The van der Waals surface area contributed by atoms with Crippen molar-refractivity contribution in [1.29, 1.82) is 0 Å². The zero-order valence-corrected chi connectivity index (χ0v) is 13.2. The molecule has 1 aromatic carbocycles. The van der Waals surface area contributed by atoms with Crippen molar-refractivity contribution in [3.8, 4) is 0 Å². The number of aryl methyl sites for hydroxylation is 1. The minimum Gasteiger partial charge on any atom is -0.377 e. The summed E-state index contributed by atoms with van der Waals surface area (Å²) in [6, 6.07) is 8.76. The summed E-state index contributed by atoms with van der Waals surface area (Å²) in [6.07, 6.45) is 0. The highest BCUT2D eigenvalue weighted by molar-refractivity contribution is 7.09. The molecule has 0 amide bonds. The molecule has 20 heavy (non-hydrogen) atoms. The Morgan fingerprint density at radius 3 is 2.70 bits per heavy atom. The molecular weight excluding hydrogens is 268 g/mol. The number of ether oxygens (including phenoxy) is 1. The molecule has 4 heteroatoms. The Bertz CT molecular complexity index is 539. The third-order valence-corrected chi connectivity index (χ3v) is 4.47. The van der Waals surface area contributed by atoms with Crippen LogP contribution in [0.15, 0.2) is 29.8 Å². The number of rotatable bonds is 7. The Morgan fingerprint density at radius 2 is 2.05 bits per heavy atom. The second kappa shape index (κ2) is 7.53. The molecule has 0 bridgehead atoms. The lowest BCUT2D eigenvalue weighted by Crippen LogP contribution is -2.19. The zero-order chi connectivity index (χ0) is 14.4. The smallest absolute Gasteiger partial charge is 0.0798 e. The van der Waals surface area contributed by atoms with E-state index >= 15 is 0 Å². The van der Waals surface area contributed by atoms with Gasteiger partial charge in [0.15, 0.2) is 0 Å². The molecule has 1 aromatic heterocycles. The molecule has 0 saturated heterocycles. The first-order valence-electron chi connectivity index (χ1n) is 7.00. The van der Waals surface area contributed by atoms with Crippen LogP contribution in [0, 0.1) is 6.92 Å². The largest absolute Gasteiger partial charge is 0.377 e. The summed E-state index contributed by atoms with van der Waals surface area (Å²) in [5, 5.41) is 3.57. The fourth-order valence-corrected chi connectivity index (χ4v) is 3.00. The number of nitrogens with zero attached hydrogens (tertiary/aromatic N) is 1. The molecule has 0 radical (unpaired) electrons. The quantitative estimate of drug-likeness (QED) is 0.841. The van der Waals surface area contributed by atoms with Gasteiger partial charge in [-0.1, -0.05) is 24.3 Å². The summed E-state index contributed by atoms with van der Waals surface area (Å²) in [4.78, 5) is 5.62. The second-order valence-electron chi connectivity index (χ2n) is 4.81. The summed E-state index contributed by atoms with van der Waals surface area (Å²) in [7, 11) is 0. The van der Waals surface area contributed by atoms with Gasteiger partial charge in [0.25, 0.3) is 0 Å². The van der Waals surface area contributed by atoms with Crippen molar-refractivity contribution in [3.05, 3.63) is 51.5 Å². The van der Waals surface area contributed by atoms with Gasteiger partial charge < -0.3 is 10.1 Å². The molecule has 1 atom stereocenters. The van der Waals surface area contributed by atoms with Crippen LogP contribution in [0.1, 0.15) is 41.6 Å². The van der Waals surface area contributed by atoms with E-state index in [9.17, 15) is 0 Å². The van der Waals surface area contributed by atoms with Crippen LogP contribution in [0.3, 0.4) is 0 Å². The highest BCUT2D eigenvalue weighted by Crippen LogP contribution is 2.21. The molecule has 3 nitrogen and oxygen atoms in total. The minimum atomic E-state index is 0.322. The van der Waals surface area contributed by atoms with E-state index in [2.05, 4.69) is 48.4 Å². The van der Waals surface area contributed by atoms with E-state index in [-0.39, 0.29) is 0 Å². The van der Waals surface area contributed by atoms with Crippen molar-refractivity contribution < 1.29 is 4.74 Å². The summed E-state index contributed by atoms with van der Waals surface area (Å²) in [5.74, 6) is 0. The second-order valence-corrected chi connectivity index (χ2v) is 5.70. The van der Waals surface area contributed by atoms with Crippen LogP contribution in [0.25, 0.3) is 0 Å². The fourth-order valence-electron chi connectivity index (χ4n) is 2.17. The van der Waals surface area contributed by atoms with E-state index in [0.717, 1.165) is 18.8 Å². The lowest BCUT2D eigenvalue weighted by molar-refractivity contribution is 0.133. The van der Waals surface area contributed by atoms with Gasteiger partial charge in [-0.3, -0.25) is 0 Å². The predicted molar refractivity (Wildman–Crippen MR) is 83.9 cm³/mol. The van der Waals surface area contributed by atoms with Crippen LogP contribution in [-0.2, 0) is 17.9 Å². The Kier molecular flexibility index (Phi) is 5.71. The molecule has 2 rings (SSSR count). The first kappa shape index (κ1) is 15.2. The first-order chi connectivity index (χ1) is 9.72. The summed E-state index contributed by atoms with van der Waals surface area (Å²) >= 11 is 1.71. The maximum Gasteiger partial charge on any atom is 0.0798 e. The van der Waals surface area contributed by atoms with Crippen LogP contribution in [0.4, 0.5) is 0 Å². The Balaban J connectivity index is 1.98. The maximum atomic E-state index is 5.52. The molecule has 2 aromatic rings. The number of aromatic nitrogens is 1. The van der Waals surface area contributed by atoms with E-state index in [1.807, 2.05) is 12.4 Å². The van der Waals surface area contributed by atoms with E-state index in [1.54, 1.807) is 11.3 Å². The zero-order valence-electron chi connectivity index (χ0n) is 12.3. The van der Waals surface area contributed by atoms with Gasteiger partial charge in [-0.15, -0.1) is 11.3 Å². The summed E-state index contributed by atoms with van der Waals surface area (Å²) < 4.78 is 5.52. The van der Waals surface area contributed by atoms with Crippen LogP contribution in [0.5, 0.6) is 0 Å². The monoisotopic (exact) mass is 290 g/mol. The average molecular weight is 290 g/mol. The minimum absolute atomic E-state index is 0.322. The fraction of sp³-hybridized carbons (Fsp3) is 0.438. The Morgan fingerprint density at radius 1 is 1.30 bits per heavy atom. The lowest BCUT2D eigenvalue weighted by Gasteiger charge is -2.15. The van der Waals surface area contributed by atoms with Crippen LogP contribution in [0.2, 0.25) is 0 Å². The van der Waals surface area contributed by atoms with Gasteiger partial charge >= 0.3 is 0 Å². The highest BCUT2D eigenvalue weighted by Gasteiger charge is 2.11. The standard InChI is InChI=1S/C16H22N2OS/c1-4-19-10-15-8-6-5-7-14(15)9-17-12(2)16-13(3)18-11-20-16/h5-8,11-12,17H,4,9-10H2,1-3H3. The van der Waals surface area contributed by atoms with Gasteiger partial charge in [-0.25, -0.2) is 4.98 Å².